The Morgan fingerprint density at radius 3 is 2.14 bits per heavy atom. The summed E-state index contributed by atoms with van der Waals surface area (Å²) in [5, 5.41) is 64.2. The summed E-state index contributed by atoms with van der Waals surface area (Å²) in [7, 11) is 0. The maximum atomic E-state index is 13.1. The second-order valence-electron chi connectivity index (χ2n) is 20.1. The molecule has 0 bridgehead atoms. The van der Waals surface area contributed by atoms with Gasteiger partial charge in [-0.2, -0.15) is 0 Å². The summed E-state index contributed by atoms with van der Waals surface area (Å²) in [4.78, 5) is 26.0. The van der Waals surface area contributed by atoms with Crippen molar-refractivity contribution in [1.29, 1.82) is 0 Å². The highest BCUT2D eigenvalue weighted by molar-refractivity contribution is 5.76. The number of hydrogen-bond donors (Lipinski definition) is 6. The van der Waals surface area contributed by atoms with E-state index in [-0.39, 0.29) is 47.2 Å². The van der Waals surface area contributed by atoms with Crippen molar-refractivity contribution in [2.24, 2.45) is 56.7 Å². The van der Waals surface area contributed by atoms with E-state index in [1.54, 1.807) is 6.92 Å². The van der Waals surface area contributed by atoms with Crippen molar-refractivity contribution < 1.29 is 63.9 Å². The maximum Gasteiger partial charge on any atom is 0.338 e. The molecule has 19 atom stereocenters. The van der Waals surface area contributed by atoms with Crippen LogP contribution in [0.5, 0.6) is 0 Å². The van der Waals surface area contributed by atoms with Gasteiger partial charge in [0.1, 0.15) is 36.6 Å². The quantitative estimate of drug-likeness (QED) is 0.117. The minimum absolute atomic E-state index is 0.00924. The van der Waals surface area contributed by atoms with Crippen LogP contribution in [0, 0.1) is 56.7 Å². The molecular formula is C43H68O13. The molecule has 0 aromatic rings. The molecule has 2 heterocycles. The van der Waals surface area contributed by atoms with Gasteiger partial charge in [-0.15, -0.1) is 0 Å². The fourth-order valence-corrected chi connectivity index (χ4v) is 14.5. The van der Waals surface area contributed by atoms with E-state index in [4.69, 9.17) is 23.7 Å². The Hall–Kier alpha value is -1.68. The molecule has 0 amide bonds. The average Bonchev–Trinajstić information content (AvgIpc) is 3.54. The van der Waals surface area contributed by atoms with E-state index in [0.717, 1.165) is 56.9 Å². The summed E-state index contributed by atoms with van der Waals surface area (Å²) in [6.45, 7) is 19.7. The summed E-state index contributed by atoms with van der Waals surface area (Å²) in [5.74, 6) is -0.181. The van der Waals surface area contributed by atoms with Gasteiger partial charge in [0, 0.05) is 0 Å². The molecule has 5 aliphatic carbocycles. The topological polar surface area (TPSA) is 202 Å². The highest BCUT2D eigenvalue weighted by atomic mass is 16.8. The third-order valence-corrected chi connectivity index (χ3v) is 17.5. The zero-order chi connectivity index (χ0) is 40.9. The molecule has 0 aromatic carbocycles. The molecule has 13 heteroatoms. The van der Waals surface area contributed by atoms with Crippen LogP contribution in [0.25, 0.3) is 0 Å². The van der Waals surface area contributed by atoms with Crippen molar-refractivity contribution in [1.82, 2.24) is 0 Å². The van der Waals surface area contributed by atoms with Crippen LogP contribution in [-0.2, 0) is 33.3 Å². The monoisotopic (exact) mass is 792 g/mol. The highest BCUT2D eigenvalue weighted by Crippen LogP contribution is 2.77. The summed E-state index contributed by atoms with van der Waals surface area (Å²) in [5.41, 5.74) is -0.0136. The number of ether oxygens (including phenoxy) is 5. The molecule has 7 aliphatic rings. The molecule has 0 spiro atoms. The van der Waals surface area contributed by atoms with Crippen LogP contribution >= 0.6 is 0 Å². The average molecular weight is 793 g/mol. The number of carboxylic acid groups (broad SMARTS) is 1. The Bertz CT molecular complexity index is 1520. The Morgan fingerprint density at radius 1 is 0.768 bits per heavy atom. The lowest BCUT2D eigenvalue weighted by Gasteiger charge is -2.73. The molecule has 318 valence electrons. The fraction of sp³-hybridized carbons (Fsp3) is 0.907. The second kappa shape index (κ2) is 14.8. The smallest absolute Gasteiger partial charge is 0.338 e. The number of carbonyl (C=O) groups is 2. The first-order chi connectivity index (χ1) is 26.2. The molecule has 7 fully saturated rings. The van der Waals surface area contributed by atoms with Crippen molar-refractivity contribution in [2.45, 2.75) is 174 Å². The van der Waals surface area contributed by atoms with Crippen molar-refractivity contribution in [2.75, 3.05) is 13.2 Å². The van der Waals surface area contributed by atoms with Gasteiger partial charge in [-0.3, -0.25) is 4.79 Å². The van der Waals surface area contributed by atoms with Crippen molar-refractivity contribution in [3.8, 4) is 0 Å². The molecule has 13 nitrogen and oxygen atoms in total. The predicted molar refractivity (Wildman–Crippen MR) is 201 cm³/mol. The molecule has 0 aromatic heterocycles. The molecule has 2 saturated heterocycles. The Balaban J connectivity index is 1.15. The van der Waals surface area contributed by atoms with Crippen LogP contribution in [0.1, 0.15) is 113 Å². The van der Waals surface area contributed by atoms with E-state index in [1.807, 2.05) is 0 Å². The third kappa shape index (κ3) is 6.18. The molecule has 2 aliphatic heterocycles. The number of carbonyl (C=O) groups excluding carboxylic acids is 1. The standard InChI is InChI=1S/C43H68O13/c1-9-52-35(49)33-30(46)31(47)34(56-36-32(48)29(45)24(44)20-53-36)37(55-33)54-27-14-15-40(6)25(39(27,4)5)13-16-42(8)26(40)11-10-23-28-22(21(2)3)12-17-43(28,38(50)51)19-18-41(23,42)7/h22-34,36-37,44-48H,2,9-20H2,1,3-8H3,(H,50,51)/t22-,23+,24+,25-,26+,27-,28+,29-,30-,31-,32+,33-,34+,36-,37+,40-,41+,42+,43-/m0/s1. The lowest BCUT2D eigenvalue weighted by molar-refractivity contribution is -0.366. The van der Waals surface area contributed by atoms with Gasteiger partial charge in [-0.1, -0.05) is 46.8 Å². The lowest BCUT2D eigenvalue weighted by atomic mass is 9.32. The number of esters is 1. The lowest BCUT2D eigenvalue weighted by Crippen LogP contribution is -2.68. The van der Waals surface area contributed by atoms with E-state index >= 15 is 0 Å². The normalized spacial score (nSPS) is 52.5. The van der Waals surface area contributed by atoms with Crippen molar-refractivity contribution in [3.05, 3.63) is 12.2 Å². The van der Waals surface area contributed by atoms with Gasteiger partial charge >= 0.3 is 11.9 Å². The number of fused-ring (bicyclic) bond motifs is 7. The van der Waals surface area contributed by atoms with Gasteiger partial charge in [0.15, 0.2) is 18.7 Å². The van der Waals surface area contributed by atoms with Crippen molar-refractivity contribution in [3.63, 3.8) is 0 Å². The number of carboxylic acids is 1. The summed E-state index contributed by atoms with van der Waals surface area (Å²) >= 11 is 0. The first kappa shape index (κ1) is 42.4. The van der Waals surface area contributed by atoms with Crippen LogP contribution in [0.15, 0.2) is 12.2 Å². The number of hydrogen-bond acceptors (Lipinski definition) is 12. The van der Waals surface area contributed by atoms with Gasteiger partial charge in [-0.25, -0.2) is 4.79 Å². The van der Waals surface area contributed by atoms with E-state index < -0.39 is 84.2 Å². The SMILES string of the molecule is C=C(C)[C@@H]1CC[C@]2(C(=O)O)CC[C@]3(C)[C@H](CC[C@@H]4[C@@]5(C)CC[C@H](O[C@@H]6O[C@H](C(=O)OCC)[C@@H](O)[C@H](O)[C@H]6O[C@@H]6OC[C@@H](O)[C@H](O)[C@H]6O)C(C)(C)[C@@H]5CC[C@]43C)[C@@H]12. The van der Waals surface area contributed by atoms with Crippen LogP contribution < -0.4 is 0 Å². The van der Waals surface area contributed by atoms with Crippen molar-refractivity contribution >= 4 is 11.9 Å². The first-order valence-electron chi connectivity index (χ1n) is 21.2. The van der Waals surface area contributed by atoms with Crippen LogP contribution in [0.3, 0.4) is 0 Å². The minimum Gasteiger partial charge on any atom is -0.481 e. The number of aliphatic carboxylic acids is 1. The van der Waals surface area contributed by atoms with Gasteiger partial charge in [-0.05, 0) is 129 Å². The van der Waals surface area contributed by atoms with E-state index in [9.17, 15) is 40.2 Å². The number of aliphatic hydroxyl groups excluding tert-OH is 5. The Morgan fingerprint density at radius 2 is 1.48 bits per heavy atom. The van der Waals surface area contributed by atoms with E-state index in [1.165, 1.54) is 0 Å². The van der Waals surface area contributed by atoms with Gasteiger partial charge in [0.2, 0.25) is 0 Å². The molecular weight excluding hydrogens is 724 g/mol. The van der Waals surface area contributed by atoms with Gasteiger partial charge in [0.05, 0.1) is 24.7 Å². The zero-order valence-corrected chi connectivity index (χ0v) is 34.4. The summed E-state index contributed by atoms with van der Waals surface area (Å²) < 4.78 is 29.6. The molecule has 56 heavy (non-hydrogen) atoms. The summed E-state index contributed by atoms with van der Waals surface area (Å²) in [6.07, 6.45) is -5.54. The molecule has 0 unspecified atom stereocenters. The van der Waals surface area contributed by atoms with Gasteiger partial charge in [0.25, 0.3) is 0 Å². The van der Waals surface area contributed by atoms with Crippen LogP contribution in [-0.4, -0.2) is 117 Å². The molecule has 7 rings (SSSR count). The van der Waals surface area contributed by atoms with E-state index in [0.29, 0.717) is 24.7 Å². The zero-order valence-electron chi connectivity index (χ0n) is 34.4. The number of rotatable bonds is 8. The third-order valence-electron chi connectivity index (χ3n) is 17.5. The van der Waals surface area contributed by atoms with Gasteiger partial charge < -0.3 is 54.3 Å². The number of allylic oxidation sites excluding steroid dienone is 1. The van der Waals surface area contributed by atoms with E-state index in [2.05, 4.69) is 48.1 Å². The molecule has 0 radical (unpaired) electrons. The fourth-order valence-electron chi connectivity index (χ4n) is 14.5. The molecule has 6 N–H and O–H groups in total. The number of aliphatic hydroxyl groups is 5. The minimum atomic E-state index is -1.75. The summed E-state index contributed by atoms with van der Waals surface area (Å²) in [6, 6.07) is 0. The Kier molecular flexibility index (Phi) is 11.2. The largest absolute Gasteiger partial charge is 0.481 e. The second-order valence-corrected chi connectivity index (χ2v) is 20.1. The first-order valence-corrected chi connectivity index (χ1v) is 21.2. The Labute approximate surface area is 331 Å². The maximum absolute atomic E-state index is 13.1. The molecule has 5 saturated carbocycles. The van der Waals surface area contributed by atoms with Crippen LogP contribution in [0.2, 0.25) is 0 Å². The highest BCUT2D eigenvalue weighted by Gasteiger charge is 2.72. The predicted octanol–water partition coefficient (Wildman–Crippen LogP) is 3.95. The van der Waals surface area contributed by atoms with Crippen LogP contribution in [0.4, 0.5) is 0 Å².